The van der Waals surface area contributed by atoms with Crippen LogP contribution in [0.2, 0.25) is 5.02 Å². The minimum absolute atomic E-state index is 0.0742. The second kappa shape index (κ2) is 3.92. The van der Waals surface area contributed by atoms with E-state index in [1.165, 1.54) is 23.0 Å². The molecule has 90 valence electrons. The Labute approximate surface area is 106 Å². The highest BCUT2D eigenvalue weighted by Gasteiger charge is 2.15. The summed E-state index contributed by atoms with van der Waals surface area (Å²) in [4.78, 5) is 7.79. The maximum absolute atomic E-state index is 13.8. The van der Waals surface area contributed by atoms with Crippen LogP contribution < -0.4 is 5.73 Å². The number of halogens is 2. The van der Waals surface area contributed by atoms with Crippen LogP contribution in [-0.2, 0) is 0 Å². The Morgan fingerprint density at radius 2 is 2.17 bits per heavy atom. The van der Waals surface area contributed by atoms with Crippen LogP contribution in [0, 0.1) is 5.82 Å². The molecule has 0 amide bonds. The van der Waals surface area contributed by atoms with E-state index in [9.17, 15) is 4.39 Å². The van der Waals surface area contributed by atoms with E-state index in [1.54, 1.807) is 12.3 Å². The van der Waals surface area contributed by atoms with Crippen LogP contribution >= 0.6 is 11.6 Å². The van der Waals surface area contributed by atoms with E-state index in [4.69, 9.17) is 17.3 Å². The van der Waals surface area contributed by atoms with Gasteiger partial charge in [0, 0.05) is 6.20 Å². The lowest BCUT2D eigenvalue weighted by molar-refractivity contribution is 0.630. The van der Waals surface area contributed by atoms with E-state index in [0.717, 1.165) is 0 Å². The number of nitrogen functional groups attached to an aromatic ring is 1. The average molecular weight is 264 g/mol. The van der Waals surface area contributed by atoms with Crippen molar-refractivity contribution >= 4 is 23.1 Å². The third-order valence-corrected chi connectivity index (χ3v) is 2.79. The Morgan fingerprint density at radius 3 is 3.00 bits per heavy atom. The quantitative estimate of drug-likeness (QED) is 0.730. The molecule has 0 radical (unpaired) electrons. The summed E-state index contributed by atoms with van der Waals surface area (Å²) in [6.07, 6.45) is 4.51. The van der Waals surface area contributed by atoms with Crippen molar-refractivity contribution in [3.63, 3.8) is 0 Å². The van der Waals surface area contributed by atoms with Crippen LogP contribution in [0.1, 0.15) is 0 Å². The smallest absolute Gasteiger partial charge is 0.220 e. The Bertz CT molecular complexity index is 739. The average Bonchev–Trinajstić information content (AvgIpc) is 2.77. The van der Waals surface area contributed by atoms with E-state index in [2.05, 4.69) is 15.1 Å². The number of aromatic nitrogens is 4. The molecule has 7 heteroatoms. The molecule has 0 atom stereocenters. The van der Waals surface area contributed by atoms with Gasteiger partial charge in [-0.1, -0.05) is 11.6 Å². The minimum atomic E-state index is -0.404. The van der Waals surface area contributed by atoms with Crippen molar-refractivity contribution in [2.45, 2.75) is 0 Å². The number of nitrogens with zero attached hydrogens (tertiary/aromatic N) is 4. The molecule has 0 aliphatic rings. The summed E-state index contributed by atoms with van der Waals surface area (Å²) in [5.41, 5.74) is 6.66. The van der Waals surface area contributed by atoms with Crippen LogP contribution in [0.25, 0.3) is 16.8 Å². The van der Waals surface area contributed by atoms with Gasteiger partial charge in [0.25, 0.3) is 0 Å². The lowest BCUT2D eigenvalue weighted by atomic mass is 10.2. The Balaban J connectivity index is 2.35. The molecule has 0 saturated heterocycles. The zero-order valence-electron chi connectivity index (χ0n) is 9.01. The third-order valence-electron chi connectivity index (χ3n) is 2.51. The van der Waals surface area contributed by atoms with Crippen LogP contribution in [0.4, 0.5) is 10.3 Å². The van der Waals surface area contributed by atoms with Gasteiger partial charge >= 0.3 is 0 Å². The van der Waals surface area contributed by atoms with E-state index in [0.29, 0.717) is 21.8 Å². The van der Waals surface area contributed by atoms with E-state index >= 15 is 0 Å². The molecule has 0 fully saturated rings. The van der Waals surface area contributed by atoms with Gasteiger partial charge in [-0.15, -0.1) is 0 Å². The van der Waals surface area contributed by atoms with Crippen molar-refractivity contribution in [2.75, 3.05) is 5.73 Å². The molecule has 0 aliphatic carbocycles. The summed E-state index contributed by atoms with van der Waals surface area (Å²) in [6, 6.07) is 2.91. The van der Waals surface area contributed by atoms with Gasteiger partial charge in [-0.3, -0.25) is 0 Å². The summed E-state index contributed by atoms with van der Waals surface area (Å²) in [5, 5.41) is 4.34. The standard InChI is InChI=1S/C11H7ClFN5/c12-7-5-15-11(14)17-9(7)6-4-16-18-3-1-2-8(13)10(6)18/h1-5H,(H2,14,15,17). The molecular weight excluding hydrogens is 257 g/mol. The lowest BCUT2D eigenvalue weighted by Crippen LogP contribution is -1.97. The third kappa shape index (κ3) is 1.58. The minimum Gasteiger partial charge on any atom is -0.368 e. The summed E-state index contributed by atoms with van der Waals surface area (Å²) in [6.45, 7) is 0. The fourth-order valence-corrected chi connectivity index (χ4v) is 1.94. The number of rotatable bonds is 1. The van der Waals surface area contributed by atoms with Crippen molar-refractivity contribution in [1.29, 1.82) is 0 Å². The molecule has 3 aromatic heterocycles. The summed E-state index contributed by atoms with van der Waals surface area (Å²) < 4.78 is 15.2. The number of hydrogen-bond donors (Lipinski definition) is 1. The normalized spacial score (nSPS) is 11.0. The molecule has 5 nitrogen and oxygen atoms in total. The Hall–Kier alpha value is -2.21. The van der Waals surface area contributed by atoms with Gasteiger partial charge in [-0.2, -0.15) is 5.10 Å². The van der Waals surface area contributed by atoms with Crippen LogP contribution in [0.5, 0.6) is 0 Å². The van der Waals surface area contributed by atoms with Gasteiger partial charge in [0.05, 0.1) is 28.7 Å². The molecule has 3 rings (SSSR count). The van der Waals surface area contributed by atoms with Gasteiger partial charge in [-0.25, -0.2) is 18.9 Å². The largest absolute Gasteiger partial charge is 0.368 e. The van der Waals surface area contributed by atoms with Crippen molar-refractivity contribution in [2.24, 2.45) is 0 Å². The molecule has 0 aliphatic heterocycles. The van der Waals surface area contributed by atoms with Crippen LogP contribution in [0.15, 0.2) is 30.7 Å². The Morgan fingerprint density at radius 1 is 1.33 bits per heavy atom. The lowest BCUT2D eigenvalue weighted by Gasteiger charge is -2.02. The molecule has 0 aromatic carbocycles. The summed E-state index contributed by atoms with van der Waals surface area (Å²) >= 11 is 6.00. The topological polar surface area (TPSA) is 69.1 Å². The van der Waals surface area contributed by atoms with Gasteiger partial charge in [0.15, 0.2) is 0 Å². The second-order valence-corrected chi connectivity index (χ2v) is 4.04. The van der Waals surface area contributed by atoms with Crippen LogP contribution in [0.3, 0.4) is 0 Å². The fourth-order valence-electron chi connectivity index (χ4n) is 1.74. The maximum atomic E-state index is 13.8. The monoisotopic (exact) mass is 263 g/mol. The van der Waals surface area contributed by atoms with Crippen molar-refractivity contribution in [1.82, 2.24) is 19.6 Å². The molecule has 2 N–H and O–H groups in total. The van der Waals surface area contributed by atoms with Crippen LogP contribution in [-0.4, -0.2) is 19.6 Å². The van der Waals surface area contributed by atoms with Crippen molar-refractivity contribution < 1.29 is 4.39 Å². The molecule has 0 spiro atoms. The predicted molar refractivity (Wildman–Crippen MR) is 65.6 cm³/mol. The van der Waals surface area contributed by atoms with E-state index < -0.39 is 5.82 Å². The molecule has 0 bridgehead atoms. The zero-order chi connectivity index (χ0) is 12.7. The number of hydrogen-bond acceptors (Lipinski definition) is 4. The first-order valence-electron chi connectivity index (χ1n) is 5.07. The first kappa shape index (κ1) is 10.9. The molecular formula is C11H7ClFN5. The fraction of sp³-hybridized carbons (Fsp3) is 0. The van der Waals surface area contributed by atoms with Crippen molar-refractivity contribution in [3.05, 3.63) is 41.6 Å². The van der Waals surface area contributed by atoms with Gasteiger partial charge in [0.1, 0.15) is 11.3 Å². The molecule has 0 saturated carbocycles. The number of anilines is 1. The van der Waals surface area contributed by atoms with Gasteiger partial charge in [-0.05, 0) is 12.1 Å². The number of pyridine rings is 1. The maximum Gasteiger partial charge on any atom is 0.220 e. The highest BCUT2D eigenvalue weighted by molar-refractivity contribution is 6.33. The number of nitrogens with two attached hydrogens (primary N) is 1. The van der Waals surface area contributed by atoms with Gasteiger partial charge in [0.2, 0.25) is 5.95 Å². The van der Waals surface area contributed by atoms with Crippen molar-refractivity contribution in [3.8, 4) is 11.3 Å². The highest BCUT2D eigenvalue weighted by atomic mass is 35.5. The first-order valence-corrected chi connectivity index (χ1v) is 5.45. The molecule has 3 heterocycles. The second-order valence-electron chi connectivity index (χ2n) is 3.63. The zero-order valence-corrected chi connectivity index (χ0v) is 9.76. The molecule has 18 heavy (non-hydrogen) atoms. The Kier molecular flexibility index (Phi) is 2.38. The highest BCUT2D eigenvalue weighted by Crippen LogP contribution is 2.30. The van der Waals surface area contributed by atoms with Gasteiger partial charge < -0.3 is 5.73 Å². The summed E-state index contributed by atoms with van der Waals surface area (Å²) in [7, 11) is 0. The van der Waals surface area contributed by atoms with E-state index in [-0.39, 0.29) is 5.95 Å². The molecule has 3 aromatic rings. The summed E-state index contributed by atoms with van der Waals surface area (Å²) in [5.74, 6) is -0.330. The molecule has 0 unspecified atom stereocenters. The predicted octanol–water partition coefficient (Wildman–Crippen LogP) is 2.17. The number of fused-ring (bicyclic) bond motifs is 1. The first-order chi connectivity index (χ1) is 8.66. The SMILES string of the molecule is Nc1ncc(Cl)c(-c2cnn3cccc(F)c23)n1. The van der Waals surface area contributed by atoms with E-state index in [1.807, 2.05) is 0 Å².